The van der Waals surface area contributed by atoms with Crippen LogP contribution in [-0.4, -0.2) is 27.2 Å². The van der Waals surface area contributed by atoms with Crippen molar-refractivity contribution < 1.29 is 9.53 Å². The standard InChI is InChI=1S/C28H19ClN4O2/c1-18-25-26(20-8-4-2-5-9-20)23(16-30)28(35-17-24(34)19-12-14-21(29)15-13-19)31-27(25)33(32-18)22-10-6-3-7-11-22/h2-15H,17H2,1H3. The van der Waals surface area contributed by atoms with Crippen molar-refractivity contribution in [2.45, 2.75) is 6.92 Å². The number of pyridine rings is 1. The first kappa shape index (κ1) is 22.3. The summed E-state index contributed by atoms with van der Waals surface area (Å²) in [7, 11) is 0. The number of nitriles is 1. The van der Waals surface area contributed by atoms with Crippen LogP contribution in [0.4, 0.5) is 0 Å². The Labute approximate surface area is 207 Å². The first-order valence-corrected chi connectivity index (χ1v) is 11.3. The van der Waals surface area contributed by atoms with Crippen LogP contribution in [-0.2, 0) is 0 Å². The number of hydrogen-bond donors (Lipinski definition) is 0. The zero-order valence-corrected chi connectivity index (χ0v) is 19.5. The maximum Gasteiger partial charge on any atom is 0.234 e. The maximum atomic E-state index is 12.7. The van der Waals surface area contributed by atoms with E-state index in [1.807, 2.05) is 67.6 Å². The lowest BCUT2D eigenvalue weighted by Gasteiger charge is -2.13. The van der Waals surface area contributed by atoms with Crippen molar-refractivity contribution >= 4 is 28.4 Å². The van der Waals surface area contributed by atoms with E-state index in [9.17, 15) is 10.1 Å². The Morgan fingerprint density at radius 2 is 1.66 bits per heavy atom. The molecular weight excluding hydrogens is 460 g/mol. The lowest BCUT2D eigenvalue weighted by Crippen LogP contribution is -2.13. The summed E-state index contributed by atoms with van der Waals surface area (Å²) < 4.78 is 7.62. The SMILES string of the molecule is Cc1nn(-c2ccccc2)c2nc(OCC(=O)c3ccc(Cl)cc3)c(C#N)c(-c3ccccc3)c12. The molecule has 3 aromatic carbocycles. The third-order valence-electron chi connectivity index (χ3n) is 5.64. The number of benzene rings is 3. The average Bonchev–Trinajstić information content (AvgIpc) is 3.23. The van der Waals surface area contributed by atoms with Crippen molar-refractivity contribution in [3.63, 3.8) is 0 Å². The van der Waals surface area contributed by atoms with Gasteiger partial charge in [0.05, 0.1) is 16.8 Å². The largest absolute Gasteiger partial charge is 0.468 e. The van der Waals surface area contributed by atoms with E-state index in [0.717, 1.165) is 22.3 Å². The van der Waals surface area contributed by atoms with Crippen LogP contribution >= 0.6 is 11.6 Å². The van der Waals surface area contributed by atoms with Crippen LogP contribution in [0.3, 0.4) is 0 Å². The smallest absolute Gasteiger partial charge is 0.234 e. The number of nitrogens with zero attached hydrogens (tertiary/aromatic N) is 4. The number of ether oxygens (including phenoxy) is 1. The molecule has 5 rings (SSSR count). The Kier molecular flexibility index (Phi) is 6.01. The summed E-state index contributed by atoms with van der Waals surface area (Å²) in [4.78, 5) is 17.4. The molecule has 2 heterocycles. The monoisotopic (exact) mass is 478 g/mol. The van der Waals surface area contributed by atoms with Crippen molar-refractivity contribution in [1.82, 2.24) is 14.8 Å². The molecule has 0 aliphatic rings. The third kappa shape index (κ3) is 4.25. The van der Waals surface area contributed by atoms with Gasteiger partial charge in [0.25, 0.3) is 0 Å². The van der Waals surface area contributed by atoms with E-state index in [1.165, 1.54) is 0 Å². The molecule has 0 fully saturated rings. The molecular formula is C28H19ClN4O2. The van der Waals surface area contributed by atoms with Crippen molar-refractivity contribution in [3.05, 3.63) is 107 Å². The molecule has 35 heavy (non-hydrogen) atoms. The number of carbonyl (C=O) groups is 1. The van der Waals surface area contributed by atoms with Crippen LogP contribution in [0.2, 0.25) is 5.02 Å². The molecule has 170 valence electrons. The van der Waals surface area contributed by atoms with Gasteiger partial charge < -0.3 is 4.74 Å². The highest BCUT2D eigenvalue weighted by Gasteiger charge is 2.24. The molecule has 0 saturated carbocycles. The topological polar surface area (TPSA) is 80.8 Å². The highest BCUT2D eigenvalue weighted by atomic mass is 35.5. The van der Waals surface area contributed by atoms with Gasteiger partial charge in [-0.15, -0.1) is 0 Å². The summed E-state index contributed by atoms with van der Waals surface area (Å²) in [6.07, 6.45) is 0. The second-order valence-corrected chi connectivity index (χ2v) is 8.33. The number of hydrogen-bond acceptors (Lipinski definition) is 5. The Morgan fingerprint density at radius 3 is 2.31 bits per heavy atom. The first-order valence-electron chi connectivity index (χ1n) is 10.9. The fourth-order valence-corrected chi connectivity index (χ4v) is 4.12. The summed E-state index contributed by atoms with van der Waals surface area (Å²) in [6.45, 7) is 1.61. The molecule has 0 bridgehead atoms. The Hall–Kier alpha value is -4.47. The molecule has 0 radical (unpaired) electrons. The zero-order valence-electron chi connectivity index (χ0n) is 18.8. The van der Waals surface area contributed by atoms with E-state index in [4.69, 9.17) is 26.4 Å². The number of Topliss-reactive ketones (excluding diaryl/α,β-unsaturated/α-hetero) is 1. The van der Waals surface area contributed by atoms with E-state index in [-0.39, 0.29) is 23.8 Å². The molecule has 0 unspecified atom stereocenters. The Bertz CT molecular complexity index is 1570. The van der Waals surface area contributed by atoms with Crippen LogP contribution in [0.5, 0.6) is 5.88 Å². The van der Waals surface area contributed by atoms with Gasteiger partial charge in [0, 0.05) is 16.1 Å². The number of halogens is 1. The van der Waals surface area contributed by atoms with Gasteiger partial charge in [-0.2, -0.15) is 15.3 Å². The number of ketones is 1. The summed E-state index contributed by atoms with van der Waals surface area (Å²) in [5.74, 6) is -0.167. The second kappa shape index (κ2) is 9.41. The van der Waals surface area contributed by atoms with Gasteiger partial charge in [-0.25, -0.2) is 4.68 Å². The number of rotatable bonds is 6. The highest BCUT2D eigenvalue weighted by molar-refractivity contribution is 6.30. The number of fused-ring (bicyclic) bond motifs is 1. The first-order chi connectivity index (χ1) is 17.1. The fraction of sp³-hybridized carbons (Fsp3) is 0.0714. The molecule has 7 heteroatoms. The molecule has 0 N–H and O–H groups in total. The molecule has 6 nitrogen and oxygen atoms in total. The lowest BCUT2D eigenvalue weighted by molar-refractivity contribution is 0.0918. The number of carbonyl (C=O) groups excluding carboxylic acids is 1. The molecule has 0 spiro atoms. The molecule has 0 aliphatic heterocycles. The van der Waals surface area contributed by atoms with Gasteiger partial charge in [0.15, 0.2) is 18.0 Å². The third-order valence-corrected chi connectivity index (χ3v) is 5.89. The quantitative estimate of drug-likeness (QED) is 0.272. The van der Waals surface area contributed by atoms with Crippen molar-refractivity contribution in [2.24, 2.45) is 0 Å². The fourth-order valence-electron chi connectivity index (χ4n) is 4.00. The van der Waals surface area contributed by atoms with E-state index in [0.29, 0.717) is 21.8 Å². The van der Waals surface area contributed by atoms with Crippen molar-refractivity contribution in [3.8, 4) is 28.8 Å². The van der Waals surface area contributed by atoms with Crippen molar-refractivity contribution in [1.29, 1.82) is 5.26 Å². The summed E-state index contributed by atoms with van der Waals surface area (Å²) in [6, 6.07) is 28.0. The van der Waals surface area contributed by atoms with E-state index < -0.39 is 0 Å². The Balaban J connectivity index is 1.68. The average molecular weight is 479 g/mol. The minimum Gasteiger partial charge on any atom is -0.468 e. The van der Waals surface area contributed by atoms with Crippen molar-refractivity contribution in [2.75, 3.05) is 6.61 Å². The van der Waals surface area contributed by atoms with Gasteiger partial charge in [-0.05, 0) is 48.9 Å². The normalized spacial score (nSPS) is 10.8. The Morgan fingerprint density at radius 1 is 1.00 bits per heavy atom. The van der Waals surface area contributed by atoms with Crippen LogP contribution in [0.25, 0.3) is 27.8 Å². The van der Waals surface area contributed by atoms with E-state index in [1.54, 1.807) is 28.9 Å². The van der Waals surface area contributed by atoms with Crippen LogP contribution in [0.15, 0.2) is 84.9 Å². The molecule has 0 saturated heterocycles. The summed E-state index contributed by atoms with van der Waals surface area (Å²) in [5, 5.41) is 16.2. The molecule has 0 atom stereocenters. The van der Waals surface area contributed by atoms with E-state index >= 15 is 0 Å². The van der Waals surface area contributed by atoms with Gasteiger partial charge in [-0.1, -0.05) is 60.1 Å². The molecule has 5 aromatic rings. The predicted molar refractivity (Wildman–Crippen MR) is 135 cm³/mol. The van der Waals surface area contributed by atoms with Crippen LogP contribution in [0, 0.1) is 18.3 Å². The molecule has 2 aromatic heterocycles. The molecule has 0 aliphatic carbocycles. The second-order valence-electron chi connectivity index (χ2n) is 7.89. The van der Waals surface area contributed by atoms with Gasteiger partial charge in [0.1, 0.15) is 11.6 Å². The minimum absolute atomic E-state index is 0.0817. The van der Waals surface area contributed by atoms with Crippen LogP contribution < -0.4 is 4.74 Å². The lowest BCUT2D eigenvalue weighted by atomic mass is 9.97. The number of aryl methyl sites for hydroxylation is 1. The number of aromatic nitrogens is 3. The van der Waals surface area contributed by atoms with Gasteiger partial charge >= 0.3 is 0 Å². The molecule has 0 amide bonds. The summed E-state index contributed by atoms with van der Waals surface area (Å²) >= 11 is 5.93. The highest BCUT2D eigenvalue weighted by Crippen LogP contribution is 2.38. The van der Waals surface area contributed by atoms with E-state index in [2.05, 4.69) is 6.07 Å². The van der Waals surface area contributed by atoms with Gasteiger partial charge in [0.2, 0.25) is 5.88 Å². The summed E-state index contributed by atoms with van der Waals surface area (Å²) in [5.41, 5.74) is 4.32. The maximum absolute atomic E-state index is 12.7. The zero-order chi connectivity index (χ0) is 24.4. The number of para-hydroxylation sites is 1. The minimum atomic E-state index is -0.276. The van der Waals surface area contributed by atoms with Crippen LogP contribution in [0.1, 0.15) is 21.6 Å². The van der Waals surface area contributed by atoms with Gasteiger partial charge in [-0.3, -0.25) is 4.79 Å². The predicted octanol–water partition coefficient (Wildman–Crippen LogP) is 6.18.